The van der Waals surface area contributed by atoms with Gasteiger partial charge in [0, 0.05) is 12.0 Å². The minimum Gasteiger partial charge on any atom is -0.467 e. The average Bonchev–Trinajstić information content (AvgIpc) is 3.12. The van der Waals surface area contributed by atoms with Crippen LogP contribution in [0.3, 0.4) is 0 Å². The normalized spacial score (nSPS) is 16.2. The molecule has 1 aromatic rings. The zero-order chi connectivity index (χ0) is 14.0. The molecule has 104 valence electrons. The molecule has 0 saturated heterocycles. The van der Waals surface area contributed by atoms with Crippen LogP contribution in [-0.4, -0.2) is 30.2 Å². The number of rotatable bonds is 5. The monoisotopic (exact) mass is 266 g/mol. The Morgan fingerprint density at radius 3 is 2.68 bits per heavy atom. The maximum atomic E-state index is 12.0. The van der Waals surface area contributed by atoms with Crippen molar-refractivity contribution < 1.29 is 18.8 Å². The molecule has 1 N–H and O–H groups in total. The third-order valence-electron chi connectivity index (χ3n) is 3.15. The fourth-order valence-electron chi connectivity index (χ4n) is 1.80. The Morgan fingerprint density at radius 1 is 1.47 bits per heavy atom. The van der Waals surface area contributed by atoms with Crippen molar-refractivity contribution in [2.24, 2.45) is 5.92 Å². The minimum atomic E-state index is -0.682. The predicted octanol–water partition coefficient (Wildman–Crippen LogP) is 1.48. The van der Waals surface area contributed by atoms with Crippen LogP contribution < -0.4 is 5.32 Å². The van der Waals surface area contributed by atoms with Crippen LogP contribution in [0, 0.1) is 5.92 Å². The molecule has 1 heterocycles. The number of methoxy groups -OCH3 is 1. The molecule has 1 fully saturated rings. The van der Waals surface area contributed by atoms with Crippen LogP contribution in [0.5, 0.6) is 0 Å². The number of carbonyl (C=O) groups excluding carboxylic acids is 2. The number of esters is 1. The summed E-state index contributed by atoms with van der Waals surface area (Å²) in [6, 6.07) is 0.959. The summed E-state index contributed by atoms with van der Waals surface area (Å²) in [5.41, 5.74) is 0.205. The molecule has 6 heteroatoms. The molecule has 0 bridgehead atoms. The van der Waals surface area contributed by atoms with E-state index in [0.29, 0.717) is 5.92 Å². The summed E-state index contributed by atoms with van der Waals surface area (Å²) >= 11 is 0. The number of nitrogens with one attached hydrogen (secondary N) is 1. The highest BCUT2D eigenvalue weighted by Crippen LogP contribution is 2.40. The second-order valence-corrected chi connectivity index (χ2v) is 5.11. The molecule has 2 rings (SSSR count). The summed E-state index contributed by atoms with van der Waals surface area (Å²) in [5.74, 6) is 0.195. The van der Waals surface area contributed by atoms with E-state index in [-0.39, 0.29) is 11.6 Å². The Kier molecular flexibility index (Phi) is 3.87. The van der Waals surface area contributed by atoms with Gasteiger partial charge in [-0.05, 0) is 18.8 Å². The molecule has 0 aromatic carbocycles. The Morgan fingerprint density at radius 2 is 2.16 bits per heavy atom. The van der Waals surface area contributed by atoms with Gasteiger partial charge in [-0.25, -0.2) is 4.79 Å². The molecule has 1 aliphatic rings. The van der Waals surface area contributed by atoms with Gasteiger partial charge in [-0.1, -0.05) is 19.0 Å². The van der Waals surface area contributed by atoms with Crippen molar-refractivity contribution >= 4 is 11.9 Å². The summed E-state index contributed by atoms with van der Waals surface area (Å²) in [4.78, 5) is 23.6. The highest BCUT2D eigenvalue weighted by atomic mass is 16.5. The van der Waals surface area contributed by atoms with E-state index in [1.54, 1.807) is 6.07 Å². The molecular formula is C13H18N2O4. The Hall–Kier alpha value is -1.85. The first-order valence-corrected chi connectivity index (χ1v) is 6.38. The summed E-state index contributed by atoms with van der Waals surface area (Å²) in [5, 5.41) is 6.36. The largest absolute Gasteiger partial charge is 0.467 e. The molecule has 1 aliphatic carbocycles. The lowest BCUT2D eigenvalue weighted by Gasteiger charge is -2.18. The molecule has 1 atom stereocenters. The van der Waals surface area contributed by atoms with E-state index in [2.05, 4.69) is 15.2 Å². The van der Waals surface area contributed by atoms with Gasteiger partial charge in [-0.15, -0.1) is 0 Å². The van der Waals surface area contributed by atoms with E-state index in [0.717, 1.165) is 18.6 Å². The third kappa shape index (κ3) is 3.13. The van der Waals surface area contributed by atoms with E-state index in [1.165, 1.54) is 7.11 Å². The number of nitrogens with zero attached hydrogens (tertiary/aromatic N) is 1. The van der Waals surface area contributed by atoms with Crippen molar-refractivity contribution in [1.29, 1.82) is 0 Å². The first-order chi connectivity index (χ1) is 9.02. The maximum Gasteiger partial charge on any atom is 0.328 e. The van der Waals surface area contributed by atoms with Gasteiger partial charge in [-0.2, -0.15) is 0 Å². The first kappa shape index (κ1) is 13.6. The maximum absolute atomic E-state index is 12.0. The fraction of sp³-hybridized carbons (Fsp3) is 0.615. The van der Waals surface area contributed by atoms with Gasteiger partial charge in [0.15, 0.2) is 5.69 Å². The minimum absolute atomic E-state index is 0.0637. The third-order valence-corrected chi connectivity index (χ3v) is 3.15. The standard InChI is InChI=1S/C13H18N2O4/c1-7(2)11(13(17)18-3)14-12(16)9-6-10(19-15-9)8-4-5-8/h6-8,11H,4-5H2,1-3H3,(H,14,16). The van der Waals surface area contributed by atoms with Crippen LogP contribution in [-0.2, 0) is 9.53 Å². The van der Waals surface area contributed by atoms with Crippen LogP contribution in [0.2, 0.25) is 0 Å². The molecule has 1 saturated carbocycles. The van der Waals surface area contributed by atoms with Gasteiger partial charge < -0.3 is 14.6 Å². The van der Waals surface area contributed by atoms with Crippen LogP contribution in [0.25, 0.3) is 0 Å². The summed E-state index contributed by atoms with van der Waals surface area (Å²) in [7, 11) is 1.30. The van der Waals surface area contributed by atoms with E-state index in [4.69, 9.17) is 4.52 Å². The van der Waals surface area contributed by atoms with Crippen molar-refractivity contribution in [1.82, 2.24) is 10.5 Å². The topological polar surface area (TPSA) is 81.4 Å². The second-order valence-electron chi connectivity index (χ2n) is 5.11. The van der Waals surface area contributed by atoms with Gasteiger partial charge >= 0.3 is 5.97 Å². The highest BCUT2D eigenvalue weighted by molar-refractivity contribution is 5.95. The molecule has 1 aromatic heterocycles. The van der Waals surface area contributed by atoms with Crippen molar-refractivity contribution in [2.45, 2.75) is 38.6 Å². The number of aromatic nitrogens is 1. The number of amides is 1. The van der Waals surface area contributed by atoms with Gasteiger partial charge in [0.05, 0.1) is 7.11 Å². The van der Waals surface area contributed by atoms with Crippen LogP contribution >= 0.6 is 0 Å². The van der Waals surface area contributed by atoms with E-state index < -0.39 is 17.9 Å². The average molecular weight is 266 g/mol. The number of hydrogen-bond donors (Lipinski definition) is 1. The molecule has 1 unspecified atom stereocenters. The van der Waals surface area contributed by atoms with E-state index in [1.807, 2.05) is 13.8 Å². The lowest BCUT2D eigenvalue weighted by molar-refractivity contribution is -0.144. The van der Waals surface area contributed by atoms with Crippen molar-refractivity contribution in [3.8, 4) is 0 Å². The summed E-state index contributed by atoms with van der Waals surface area (Å²) in [6.07, 6.45) is 2.15. The molecule has 19 heavy (non-hydrogen) atoms. The quantitative estimate of drug-likeness (QED) is 0.816. The summed E-state index contributed by atoms with van der Waals surface area (Å²) in [6.45, 7) is 3.67. The van der Waals surface area contributed by atoms with E-state index in [9.17, 15) is 9.59 Å². The Bertz CT molecular complexity index is 477. The molecule has 0 spiro atoms. The second kappa shape index (κ2) is 5.42. The lowest BCUT2D eigenvalue weighted by Crippen LogP contribution is -2.45. The number of hydrogen-bond acceptors (Lipinski definition) is 5. The van der Waals surface area contributed by atoms with Gasteiger partial charge in [-0.3, -0.25) is 4.79 Å². The predicted molar refractivity (Wildman–Crippen MR) is 66.6 cm³/mol. The van der Waals surface area contributed by atoms with Gasteiger partial charge in [0.1, 0.15) is 11.8 Å². The fourth-order valence-corrected chi connectivity index (χ4v) is 1.80. The van der Waals surface area contributed by atoms with Crippen molar-refractivity contribution in [3.05, 3.63) is 17.5 Å². The summed E-state index contributed by atoms with van der Waals surface area (Å²) < 4.78 is 9.78. The molecule has 6 nitrogen and oxygen atoms in total. The number of carbonyl (C=O) groups is 2. The smallest absolute Gasteiger partial charge is 0.328 e. The molecule has 1 amide bonds. The lowest BCUT2D eigenvalue weighted by atomic mass is 10.0. The van der Waals surface area contributed by atoms with Crippen molar-refractivity contribution in [2.75, 3.05) is 7.11 Å². The van der Waals surface area contributed by atoms with Gasteiger partial charge in [0.2, 0.25) is 0 Å². The molecule has 0 aliphatic heterocycles. The van der Waals surface area contributed by atoms with Crippen molar-refractivity contribution in [3.63, 3.8) is 0 Å². The number of ether oxygens (including phenoxy) is 1. The van der Waals surface area contributed by atoms with Crippen LogP contribution in [0.4, 0.5) is 0 Å². The highest BCUT2D eigenvalue weighted by Gasteiger charge is 2.30. The Labute approximate surface area is 111 Å². The van der Waals surface area contributed by atoms with Crippen LogP contribution in [0.15, 0.2) is 10.6 Å². The van der Waals surface area contributed by atoms with Gasteiger partial charge in [0.25, 0.3) is 5.91 Å². The first-order valence-electron chi connectivity index (χ1n) is 6.38. The molecular weight excluding hydrogens is 248 g/mol. The zero-order valence-corrected chi connectivity index (χ0v) is 11.3. The van der Waals surface area contributed by atoms with Crippen LogP contribution in [0.1, 0.15) is 48.9 Å². The van der Waals surface area contributed by atoms with E-state index >= 15 is 0 Å². The Balaban J connectivity index is 2.03. The SMILES string of the molecule is COC(=O)C(NC(=O)c1cc(C2CC2)on1)C(C)C. The zero-order valence-electron chi connectivity index (χ0n) is 11.3. The molecule has 0 radical (unpaired) electrons.